The van der Waals surface area contributed by atoms with Gasteiger partial charge in [-0.25, -0.2) is 0 Å². The first-order chi connectivity index (χ1) is 15.5. The third-order valence-electron chi connectivity index (χ3n) is 5.51. The number of fused-ring (bicyclic) bond motifs is 1. The molecule has 1 amide bonds. The van der Waals surface area contributed by atoms with E-state index in [-0.39, 0.29) is 29.2 Å². The third kappa shape index (κ3) is 4.37. The number of nitrogens with one attached hydrogen (secondary N) is 1. The highest BCUT2D eigenvalue weighted by Crippen LogP contribution is 2.16. The summed E-state index contributed by atoms with van der Waals surface area (Å²) in [5.41, 5.74) is 3.68. The maximum atomic E-state index is 13.2. The van der Waals surface area contributed by atoms with Crippen molar-refractivity contribution in [2.45, 2.75) is 26.8 Å². The fourth-order valence-corrected chi connectivity index (χ4v) is 3.68. The minimum atomic E-state index is -0.351. The number of anilines is 1. The van der Waals surface area contributed by atoms with Crippen LogP contribution in [0.4, 0.5) is 5.69 Å². The molecule has 0 atom stereocenters. The summed E-state index contributed by atoms with van der Waals surface area (Å²) in [4.78, 5) is 39.0. The standard InChI is InChI=1S/C27H24N2O3/c1-3-19-10-12-20(13-11-19)26(31)23-16-29(24-7-5-4-6-22(24)27(23)32)17-25(30)28-21-14-8-18(2)9-15-21/h4-16H,3,17H2,1-2H3,(H,28,30). The minimum Gasteiger partial charge on any atom is -0.337 e. The predicted octanol–water partition coefficient (Wildman–Crippen LogP) is 4.74. The highest BCUT2D eigenvalue weighted by molar-refractivity contribution is 6.10. The number of nitrogens with zero attached hydrogens (tertiary/aromatic N) is 1. The zero-order valence-electron chi connectivity index (χ0n) is 18.1. The maximum absolute atomic E-state index is 13.2. The second-order valence-corrected chi connectivity index (χ2v) is 7.81. The lowest BCUT2D eigenvalue weighted by Crippen LogP contribution is -2.24. The molecule has 5 heteroatoms. The fourth-order valence-electron chi connectivity index (χ4n) is 3.68. The summed E-state index contributed by atoms with van der Waals surface area (Å²) >= 11 is 0. The van der Waals surface area contributed by atoms with Crippen molar-refractivity contribution in [3.05, 3.63) is 111 Å². The van der Waals surface area contributed by atoms with E-state index < -0.39 is 0 Å². The molecule has 0 aliphatic carbocycles. The zero-order valence-corrected chi connectivity index (χ0v) is 18.1. The zero-order chi connectivity index (χ0) is 22.7. The Morgan fingerprint density at radius 1 is 0.906 bits per heavy atom. The number of aryl methyl sites for hydroxylation is 2. The lowest BCUT2D eigenvalue weighted by molar-refractivity contribution is -0.116. The molecule has 160 valence electrons. The van der Waals surface area contributed by atoms with Gasteiger partial charge in [-0.15, -0.1) is 0 Å². The van der Waals surface area contributed by atoms with E-state index in [4.69, 9.17) is 0 Å². The van der Waals surface area contributed by atoms with Crippen molar-refractivity contribution in [1.82, 2.24) is 4.57 Å². The van der Waals surface area contributed by atoms with E-state index in [2.05, 4.69) is 5.32 Å². The van der Waals surface area contributed by atoms with E-state index in [1.807, 2.05) is 50.2 Å². The van der Waals surface area contributed by atoms with Gasteiger partial charge in [0, 0.05) is 22.8 Å². The Balaban J connectivity index is 1.71. The van der Waals surface area contributed by atoms with Gasteiger partial charge in [-0.05, 0) is 43.2 Å². The van der Waals surface area contributed by atoms with Crippen molar-refractivity contribution in [3.8, 4) is 0 Å². The summed E-state index contributed by atoms with van der Waals surface area (Å²) in [6.45, 7) is 4.00. The third-order valence-corrected chi connectivity index (χ3v) is 5.51. The van der Waals surface area contributed by atoms with Crippen LogP contribution in [0.3, 0.4) is 0 Å². The molecule has 0 unspecified atom stereocenters. The van der Waals surface area contributed by atoms with Gasteiger partial charge in [0.2, 0.25) is 11.3 Å². The van der Waals surface area contributed by atoms with E-state index in [0.717, 1.165) is 17.5 Å². The summed E-state index contributed by atoms with van der Waals surface area (Å²) < 4.78 is 1.66. The molecular formula is C27H24N2O3. The molecule has 0 saturated carbocycles. The largest absolute Gasteiger partial charge is 0.337 e. The van der Waals surface area contributed by atoms with Crippen molar-refractivity contribution in [3.63, 3.8) is 0 Å². The van der Waals surface area contributed by atoms with Crippen LogP contribution in [0.15, 0.2) is 83.8 Å². The van der Waals surface area contributed by atoms with E-state index in [1.165, 1.54) is 6.20 Å². The second-order valence-electron chi connectivity index (χ2n) is 7.81. The second kappa shape index (κ2) is 9.02. The summed E-state index contributed by atoms with van der Waals surface area (Å²) in [5.74, 6) is -0.593. The van der Waals surface area contributed by atoms with Crippen LogP contribution in [0.25, 0.3) is 10.9 Å². The highest BCUT2D eigenvalue weighted by atomic mass is 16.2. The molecular weight excluding hydrogens is 400 g/mol. The highest BCUT2D eigenvalue weighted by Gasteiger charge is 2.18. The smallest absolute Gasteiger partial charge is 0.244 e. The van der Waals surface area contributed by atoms with Gasteiger partial charge in [0.15, 0.2) is 5.78 Å². The van der Waals surface area contributed by atoms with Gasteiger partial charge in [-0.1, -0.05) is 61.0 Å². The van der Waals surface area contributed by atoms with Crippen molar-refractivity contribution in [1.29, 1.82) is 0 Å². The average Bonchev–Trinajstić information content (AvgIpc) is 2.82. The Morgan fingerprint density at radius 3 is 2.28 bits per heavy atom. The van der Waals surface area contributed by atoms with Crippen LogP contribution in [0.1, 0.15) is 34.0 Å². The van der Waals surface area contributed by atoms with Crippen LogP contribution < -0.4 is 10.7 Å². The molecule has 1 aromatic heterocycles. The van der Waals surface area contributed by atoms with Gasteiger partial charge in [0.25, 0.3) is 0 Å². The topological polar surface area (TPSA) is 68.2 Å². The molecule has 0 saturated heterocycles. The average molecular weight is 425 g/mol. The molecule has 0 spiro atoms. The number of carbonyl (C=O) groups is 2. The normalized spacial score (nSPS) is 10.8. The van der Waals surface area contributed by atoms with Crippen molar-refractivity contribution < 1.29 is 9.59 Å². The van der Waals surface area contributed by atoms with Crippen LogP contribution in [0.5, 0.6) is 0 Å². The van der Waals surface area contributed by atoms with Crippen LogP contribution in [0, 0.1) is 6.92 Å². The first-order valence-corrected chi connectivity index (χ1v) is 10.6. The molecule has 0 aliphatic rings. The van der Waals surface area contributed by atoms with Crippen LogP contribution >= 0.6 is 0 Å². The first kappa shape index (κ1) is 21.2. The maximum Gasteiger partial charge on any atom is 0.244 e. The molecule has 5 nitrogen and oxygen atoms in total. The Labute approximate surface area is 186 Å². The number of hydrogen-bond donors (Lipinski definition) is 1. The van der Waals surface area contributed by atoms with E-state index in [9.17, 15) is 14.4 Å². The summed E-state index contributed by atoms with van der Waals surface area (Å²) in [5, 5.41) is 3.28. The molecule has 32 heavy (non-hydrogen) atoms. The number of rotatable bonds is 6. The number of amides is 1. The summed E-state index contributed by atoms with van der Waals surface area (Å²) in [6, 6.07) is 21.8. The number of para-hydroxylation sites is 1. The molecule has 0 fully saturated rings. The molecule has 3 aromatic carbocycles. The molecule has 0 radical (unpaired) electrons. The van der Waals surface area contributed by atoms with Gasteiger partial charge < -0.3 is 9.88 Å². The Bertz CT molecular complexity index is 1350. The van der Waals surface area contributed by atoms with Gasteiger partial charge in [0.1, 0.15) is 6.54 Å². The van der Waals surface area contributed by atoms with E-state index in [1.54, 1.807) is 41.0 Å². The summed E-state index contributed by atoms with van der Waals surface area (Å²) in [7, 11) is 0. The van der Waals surface area contributed by atoms with Crippen LogP contribution in [-0.4, -0.2) is 16.3 Å². The number of ketones is 1. The molecule has 4 rings (SSSR count). The van der Waals surface area contributed by atoms with Crippen molar-refractivity contribution in [2.75, 3.05) is 5.32 Å². The van der Waals surface area contributed by atoms with Crippen molar-refractivity contribution in [2.24, 2.45) is 0 Å². The monoisotopic (exact) mass is 424 g/mol. The van der Waals surface area contributed by atoms with E-state index in [0.29, 0.717) is 22.2 Å². The van der Waals surface area contributed by atoms with Gasteiger partial charge in [0.05, 0.1) is 11.1 Å². The van der Waals surface area contributed by atoms with Crippen LogP contribution in [-0.2, 0) is 17.8 Å². The Kier molecular flexibility index (Phi) is 5.99. The summed E-state index contributed by atoms with van der Waals surface area (Å²) in [6.07, 6.45) is 2.36. The molecule has 1 N–H and O–H groups in total. The SMILES string of the molecule is CCc1ccc(C(=O)c2cn(CC(=O)Nc3ccc(C)cc3)c3ccccc3c2=O)cc1. The Morgan fingerprint density at radius 2 is 1.59 bits per heavy atom. The lowest BCUT2D eigenvalue weighted by atomic mass is 10.0. The number of pyridine rings is 1. The first-order valence-electron chi connectivity index (χ1n) is 10.6. The minimum absolute atomic E-state index is 0.0241. The number of aromatic nitrogens is 1. The molecule has 4 aromatic rings. The Hall–Kier alpha value is -3.99. The quantitative estimate of drug-likeness (QED) is 0.455. The number of benzene rings is 3. The van der Waals surface area contributed by atoms with E-state index >= 15 is 0 Å². The molecule has 1 heterocycles. The fraction of sp³-hybridized carbons (Fsp3) is 0.148. The number of carbonyl (C=O) groups excluding carboxylic acids is 2. The van der Waals surface area contributed by atoms with Gasteiger partial charge in [-0.3, -0.25) is 14.4 Å². The van der Waals surface area contributed by atoms with Crippen LogP contribution in [0.2, 0.25) is 0 Å². The molecule has 0 bridgehead atoms. The lowest BCUT2D eigenvalue weighted by Gasteiger charge is -2.13. The van der Waals surface area contributed by atoms with Gasteiger partial charge >= 0.3 is 0 Å². The number of hydrogen-bond acceptors (Lipinski definition) is 3. The van der Waals surface area contributed by atoms with Gasteiger partial charge in [-0.2, -0.15) is 0 Å². The predicted molar refractivity (Wildman–Crippen MR) is 127 cm³/mol. The molecule has 0 aliphatic heterocycles. The van der Waals surface area contributed by atoms with Crippen molar-refractivity contribution >= 4 is 28.3 Å².